The number of nitrogens with zero attached hydrogens (tertiary/aromatic N) is 5. The molecule has 0 bridgehead atoms. The smallest absolute Gasteiger partial charge is 0.132 e. The van der Waals surface area contributed by atoms with E-state index in [-0.39, 0.29) is 0 Å². The van der Waals surface area contributed by atoms with Crippen molar-refractivity contribution in [2.45, 2.75) is 25.7 Å². The molecule has 1 aliphatic heterocycles. The number of rotatable bonds is 3. The molecule has 0 saturated carbocycles. The molecule has 22 heavy (non-hydrogen) atoms. The van der Waals surface area contributed by atoms with E-state index in [2.05, 4.69) is 43.0 Å². The molecule has 0 aromatic carbocycles. The van der Waals surface area contributed by atoms with Crippen LogP contribution in [0.2, 0.25) is 0 Å². The van der Waals surface area contributed by atoms with Crippen molar-refractivity contribution in [3.63, 3.8) is 0 Å². The number of anilines is 2. The summed E-state index contributed by atoms with van der Waals surface area (Å²) < 4.78 is 0. The van der Waals surface area contributed by atoms with Crippen LogP contribution in [-0.4, -0.2) is 42.1 Å². The minimum atomic E-state index is 0.533. The van der Waals surface area contributed by atoms with Crippen LogP contribution in [0.1, 0.15) is 30.0 Å². The molecule has 0 aliphatic carbocycles. The van der Waals surface area contributed by atoms with E-state index in [1.165, 1.54) is 18.4 Å². The second-order valence-corrected chi connectivity index (χ2v) is 6.14. The Kier molecular flexibility index (Phi) is 4.22. The van der Waals surface area contributed by atoms with E-state index in [1.807, 2.05) is 27.2 Å². The lowest BCUT2D eigenvalue weighted by Gasteiger charge is -2.34. The van der Waals surface area contributed by atoms with E-state index in [4.69, 9.17) is 0 Å². The topological polar surface area (TPSA) is 45.2 Å². The van der Waals surface area contributed by atoms with Gasteiger partial charge >= 0.3 is 0 Å². The summed E-state index contributed by atoms with van der Waals surface area (Å²) in [6.45, 7) is 4.09. The molecular formula is C17H23N5. The molecule has 1 unspecified atom stereocenters. The first kappa shape index (κ1) is 14.8. The molecule has 3 heterocycles. The van der Waals surface area contributed by atoms with Crippen LogP contribution in [0.4, 0.5) is 11.6 Å². The van der Waals surface area contributed by atoms with Gasteiger partial charge in [0.25, 0.3) is 0 Å². The Bertz CT molecular complexity index is 640. The zero-order valence-corrected chi connectivity index (χ0v) is 13.5. The van der Waals surface area contributed by atoms with Gasteiger partial charge in [-0.3, -0.25) is 0 Å². The van der Waals surface area contributed by atoms with Crippen molar-refractivity contribution < 1.29 is 0 Å². The molecule has 1 saturated heterocycles. The lowest BCUT2D eigenvalue weighted by molar-refractivity contribution is 0.506. The predicted octanol–water partition coefficient (Wildman–Crippen LogP) is 2.63. The maximum absolute atomic E-state index is 4.43. The van der Waals surface area contributed by atoms with Gasteiger partial charge in [0.2, 0.25) is 0 Å². The molecule has 3 rings (SSSR count). The van der Waals surface area contributed by atoms with Crippen LogP contribution >= 0.6 is 0 Å². The molecule has 0 N–H and O–H groups in total. The average molecular weight is 297 g/mol. The summed E-state index contributed by atoms with van der Waals surface area (Å²) in [7, 11) is 4.06. The fourth-order valence-electron chi connectivity index (χ4n) is 3.00. The molecule has 5 heteroatoms. The molecule has 2 aromatic rings. The van der Waals surface area contributed by atoms with Crippen LogP contribution in [0, 0.1) is 6.92 Å². The van der Waals surface area contributed by atoms with E-state index in [1.54, 1.807) is 6.33 Å². The van der Waals surface area contributed by atoms with Gasteiger partial charge in [-0.25, -0.2) is 15.0 Å². The average Bonchev–Trinajstić information content (AvgIpc) is 2.55. The van der Waals surface area contributed by atoms with Crippen LogP contribution in [0.25, 0.3) is 0 Å². The second kappa shape index (κ2) is 6.30. The molecule has 0 radical (unpaired) electrons. The van der Waals surface area contributed by atoms with Gasteiger partial charge < -0.3 is 9.80 Å². The standard InChI is InChI=1S/C17H23N5/c1-13-9-17(20-12-19-13)22-8-4-5-15(11-22)14-6-7-18-16(10-14)21(2)3/h6-7,9-10,12,15H,4-5,8,11H2,1-3H3. The molecular weight excluding hydrogens is 274 g/mol. The predicted molar refractivity (Wildman–Crippen MR) is 89.5 cm³/mol. The van der Waals surface area contributed by atoms with E-state index < -0.39 is 0 Å². The van der Waals surface area contributed by atoms with Gasteiger partial charge in [0.15, 0.2) is 0 Å². The maximum Gasteiger partial charge on any atom is 0.132 e. The highest BCUT2D eigenvalue weighted by molar-refractivity contribution is 5.43. The first-order chi connectivity index (χ1) is 10.6. The summed E-state index contributed by atoms with van der Waals surface area (Å²) >= 11 is 0. The summed E-state index contributed by atoms with van der Waals surface area (Å²) in [4.78, 5) is 17.5. The van der Waals surface area contributed by atoms with Crippen molar-refractivity contribution in [1.82, 2.24) is 15.0 Å². The number of pyridine rings is 1. The molecule has 2 aromatic heterocycles. The van der Waals surface area contributed by atoms with Gasteiger partial charge in [0.1, 0.15) is 18.0 Å². The zero-order chi connectivity index (χ0) is 15.5. The number of hydrogen-bond acceptors (Lipinski definition) is 5. The van der Waals surface area contributed by atoms with E-state index >= 15 is 0 Å². The summed E-state index contributed by atoms with van der Waals surface area (Å²) in [5, 5.41) is 0. The quantitative estimate of drug-likeness (QED) is 0.871. The maximum atomic E-state index is 4.43. The first-order valence-corrected chi connectivity index (χ1v) is 7.80. The largest absolute Gasteiger partial charge is 0.363 e. The van der Waals surface area contributed by atoms with Gasteiger partial charge in [-0.1, -0.05) is 0 Å². The highest BCUT2D eigenvalue weighted by Crippen LogP contribution is 2.30. The van der Waals surface area contributed by atoms with Gasteiger partial charge in [0.05, 0.1) is 0 Å². The summed E-state index contributed by atoms with van der Waals surface area (Å²) in [5.74, 6) is 2.59. The van der Waals surface area contributed by atoms with Crippen molar-refractivity contribution in [3.05, 3.63) is 42.0 Å². The third-order valence-electron chi connectivity index (χ3n) is 4.23. The Balaban J connectivity index is 1.79. The SMILES string of the molecule is Cc1cc(N2CCCC(c3ccnc(N(C)C)c3)C2)ncn1. The van der Waals surface area contributed by atoms with Crippen molar-refractivity contribution >= 4 is 11.6 Å². The van der Waals surface area contributed by atoms with Crippen LogP contribution in [0.3, 0.4) is 0 Å². The summed E-state index contributed by atoms with van der Waals surface area (Å²) in [5.41, 5.74) is 2.39. The van der Waals surface area contributed by atoms with Gasteiger partial charge in [-0.15, -0.1) is 0 Å². The fraction of sp³-hybridized carbons (Fsp3) is 0.471. The lowest BCUT2D eigenvalue weighted by atomic mass is 9.91. The van der Waals surface area contributed by atoms with Gasteiger partial charge in [-0.2, -0.15) is 0 Å². The fourth-order valence-corrected chi connectivity index (χ4v) is 3.00. The molecule has 5 nitrogen and oxygen atoms in total. The molecule has 1 atom stereocenters. The molecule has 1 fully saturated rings. The Morgan fingerprint density at radius 2 is 2.05 bits per heavy atom. The Labute approximate surface area is 132 Å². The number of hydrogen-bond donors (Lipinski definition) is 0. The summed E-state index contributed by atoms with van der Waals surface area (Å²) in [6, 6.07) is 6.42. The number of aromatic nitrogens is 3. The van der Waals surface area contributed by atoms with E-state index in [9.17, 15) is 0 Å². The minimum Gasteiger partial charge on any atom is -0.363 e. The van der Waals surface area contributed by atoms with Crippen LogP contribution in [0.15, 0.2) is 30.7 Å². The second-order valence-electron chi connectivity index (χ2n) is 6.14. The lowest BCUT2D eigenvalue weighted by Crippen LogP contribution is -2.35. The Hall–Kier alpha value is -2.17. The van der Waals surface area contributed by atoms with Crippen molar-refractivity contribution in [3.8, 4) is 0 Å². The van der Waals surface area contributed by atoms with Crippen molar-refractivity contribution in [2.75, 3.05) is 37.0 Å². The first-order valence-electron chi connectivity index (χ1n) is 7.80. The molecule has 116 valence electrons. The van der Waals surface area contributed by atoms with Gasteiger partial charge in [0, 0.05) is 51.1 Å². The van der Waals surface area contributed by atoms with Crippen LogP contribution in [0.5, 0.6) is 0 Å². The number of piperidine rings is 1. The Morgan fingerprint density at radius 3 is 2.82 bits per heavy atom. The van der Waals surface area contributed by atoms with E-state index in [0.717, 1.165) is 30.4 Å². The van der Waals surface area contributed by atoms with Crippen LogP contribution in [-0.2, 0) is 0 Å². The van der Waals surface area contributed by atoms with Crippen LogP contribution < -0.4 is 9.80 Å². The highest BCUT2D eigenvalue weighted by atomic mass is 15.2. The number of aryl methyl sites for hydroxylation is 1. The van der Waals surface area contributed by atoms with Crippen molar-refractivity contribution in [1.29, 1.82) is 0 Å². The third-order valence-corrected chi connectivity index (χ3v) is 4.23. The monoisotopic (exact) mass is 297 g/mol. The van der Waals surface area contributed by atoms with Crippen molar-refractivity contribution in [2.24, 2.45) is 0 Å². The summed E-state index contributed by atoms with van der Waals surface area (Å²) in [6.07, 6.45) is 5.98. The highest BCUT2D eigenvalue weighted by Gasteiger charge is 2.23. The van der Waals surface area contributed by atoms with E-state index in [0.29, 0.717) is 5.92 Å². The normalized spacial score (nSPS) is 18.3. The third kappa shape index (κ3) is 3.18. The molecule has 1 aliphatic rings. The molecule has 0 amide bonds. The minimum absolute atomic E-state index is 0.533. The Morgan fingerprint density at radius 1 is 1.18 bits per heavy atom. The molecule has 0 spiro atoms. The zero-order valence-electron chi connectivity index (χ0n) is 13.5. The van der Waals surface area contributed by atoms with Gasteiger partial charge in [-0.05, 0) is 37.5 Å².